The quantitative estimate of drug-likeness (QED) is 0.641. The first-order chi connectivity index (χ1) is 8.77. The van der Waals surface area contributed by atoms with Crippen LogP contribution in [0.1, 0.15) is 20.3 Å². The number of sulfonamides is 1. The molecule has 0 aromatic heterocycles. The molecule has 0 saturated carbocycles. The summed E-state index contributed by atoms with van der Waals surface area (Å²) in [4.78, 5) is 9.21. The van der Waals surface area contributed by atoms with Crippen LogP contribution < -0.4 is 4.72 Å². The Labute approximate surface area is 110 Å². The second-order valence-electron chi connectivity index (χ2n) is 4.24. The Balaban J connectivity index is 2.96. The van der Waals surface area contributed by atoms with Gasteiger partial charge in [0.2, 0.25) is 15.8 Å². The van der Waals surface area contributed by atoms with Crippen LogP contribution in [0.3, 0.4) is 0 Å². The Kier molecular flexibility index (Phi) is 4.96. The van der Waals surface area contributed by atoms with Gasteiger partial charge < -0.3 is 0 Å². The average molecular weight is 290 g/mol. The topological polar surface area (TPSA) is 89.3 Å². The van der Waals surface area contributed by atoms with Crippen LogP contribution in [0.5, 0.6) is 0 Å². The fraction of sp³-hybridized carbons (Fsp3) is 0.455. The molecule has 0 spiro atoms. The number of benzene rings is 1. The molecule has 0 fully saturated rings. The summed E-state index contributed by atoms with van der Waals surface area (Å²) in [5.74, 6) is -1.02. The van der Waals surface area contributed by atoms with E-state index in [4.69, 9.17) is 0 Å². The van der Waals surface area contributed by atoms with Gasteiger partial charge in [-0.3, -0.25) is 10.1 Å². The number of hydrogen-bond acceptors (Lipinski definition) is 4. The third kappa shape index (κ3) is 3.97. The van der Waals surface area contributed by atoms with E-state index < -0.39 is 26.5 Å². The SMILES string of the molecule is CCC(C)CNS(=O)(=O)c1ccc([N+](=O)[O-])c(F)c1. The highest BCUT2D eigenvalue weighted by Gasteiger charge is 2.20. The van der Waals surface area contributed by atoms with E-state index in [0.29, 0.717) is 6.07 Å². The molecule has 1 rings (SSSR count). The molecule has 19 heavy (non-hydrogen) atoms. The molecular weight excluding hydrogens is 275 g/mol. The molecule has 1 aromatic carbocycles. The summed E-state index contributed by atoms with van der Waals surface area (Å²) >= 11 is 0. The lowest BCUT2D eigenvalue weighted by Crippen LogP contribution is -2.28. The summed E-state index contributed by atoms with van der Waals surface area (Å²) < 4.78 is 39.4. The van der Waals surface area contributed by atoms with E-state index in [1.54, 1.807) is 0 Å². The summed E-state index contributed by atoms with van der Waals surface area (Å²) in [6, 6.07) is 2.50. The van der Waals surface area contributed by atoms with E-state index in [1.165, 1.54) is 0 Å². The van der Waals surface area contributed by atoms with Crippen LogP contribution in [0.15, 0.2) is 23.1 Å². The van der Waals surface area contributed by atoms with Crippen molar-refractivity contribution in [3.05, 3.63) is 34.1 Å². The number of nitro groups is 1. The zero-order chi connectivity index (χ0) is 14.6. The lowest BCUT2D eigenvalue weighted by molar-refractivity contribution is -0.387. The molecule has 0 radical (unpaired) electrons. The van der Waals surface area contributed by atoms with Gasteiger partial charge in [0.05, 0.1) is 9.82 Å². The molecule has 0 saturated heterocycles. The average Bonchev–Trinajstić information content (AvgIpc) is 2.35. The van der Waals surface area contributed by atoms with Crippen molar-refractivity contribution < 1.29 is 17.7 Å². The van der Waals surface area contributed by atoms with Crippen molar-refractivity contribution in [1.29, 1.82) is 0 Å². The van der Waals surface area contributed by atoms with E-state index in [-0.39, 0.29) is 17.4 Å². The lowest BCUT2D eigenvalue weighted by Gasteiger charge is -2.10. The largest absolute Gasteiger partial charge is 0.304 e. The summed E-state index contributed by atoms with van der Waals surface area (Å²) in [5, 5.41) is 10.4. The molecule has 0 aliphatic rings. The van der Waals surface area contributed by atoms with E-state index >= 15 is 0 Å². The molecule has 0 aliphatic carbocycles. The highest BCUT2D eigenvalue weighted by atomic mass is 32.2. The molecule has 106 valence electrons. The van der Waals surface area contributed by atoms with Crippen molar-refractivity contribution in [2.24, 2.45) is 5.92 Å². The van der Waals surface area contributed by atoms with Crippen LogP contribution in [-0.2, 0) is 10.0 Å². The number of hydrogen-bond donors (Lipinski definition) is 1. The van der Waals surface area contributed by atoms with Gasteiger partial charge in [0.15, 0.2) is 0 Å². The summed E-state index contributed by atoms with van der Waals surface area (Å²) in [6.07, 6.45) is 0.803. The molecule has 1 N–H and O–H groups in total. The zero-order valence-corrected chi connectivity index (χ0v) is 11.4. The Morgan fingerprint density at radius 3 is 2.58 bits per heavy atom. The minimum absolute atomic E-state index is 0.151. The monoisotopic (exact) mass is 290 g/mol. The maximum absolute atomic E-state index is 13.4. The molecule has 0 aliphatic heterocycles. The maximum Gasteiger partial charge on any atom is 0.304 e. The third-order valence-electron chi connectivity index (χ3n) is 2.74. The highest BCUT2D eigenvalue weighted by molar-refractivity contribution is 7.89. The Morgan fingerprint density at radius 2 is 2.11 bits per heavy atom. The Morgan fingerprint density at radius 1 is 1.47 bits per heavy atom. The van der Waals surface area contributed by atoms with Gasteiger partial charge in [-0.1, -0.05) is 20.3 Å². The first-order valence-corrected chi connectivity index (χ1v) is 7.20. The third-order valence-corrected chi connectivity index (χ3v) is 4.17. The van der Waals surface area contributed by atoms with E-state index in [0.717, 1.165) is 18.6 Å². The molecule has 0 amide bonds. The predicted molar refractivity (Wildman–Crippen MR) is 67.7 cm³/mol. The maximum atomic E-state index is 13.4. The van der Waals surface area contributed by atoms with Crippen LogP contribution in [0.2, 0.25) is 0 Å². The van der Waals surface area contributed by atoms with Gasteiger partial charge in [-0.05, 0) is 12.0 Å². The van der Waals surface area contributed by atoms with Gasteiger partial charge in [0.25, 0.3) is 0 Å². The van der Waals surface area contributed by atoms with E-state index in [1.807, 2.05) is 13.8 Å². The number of nitrogens with one attached hydrogen (secondary N) is 1. The van der Waals surface area contributed by atoms with Gasteiger partial charge in [0.1, 0.15) is 0 Å². The molecule has 0 bridgehead atoms. The summed E-state index contributed by atoms with van der Waals surface area (Å²) in [5.41, 5.74) is -0.749. The van der Waals surface area contributed by atoms with E-state index in [9.17, 15) is 22.9 Å². The first kappa shape index (κ1) is 15.5. The molecule has 0 heterocycles. The van der Waals surface area contributed by atoms with Crippen molar-refractivity contribution in [2.75, 3.05) is 6.54 Å². The predicted octanol–water partition coefficient (Wildman–Crippen LogP) is 2.06. The van der Waals surface area contributed by atoms with Crippen LogP contribution in [0, 0.1) is 21.8 Å². The number of halogens is 1. The highest BCUT2D eigenvalue weighted by Crippen LogP contribution is 2.20. The smallest absolute Gasteiger partial charge is 0.258 e. The number of nitrogens with zero attached hydrogens (tertiary/aromatic N) is 1. The lowest BCUT2D eigenvalue weighted by atomic mass is 10.1. The van der Waals surface area contributed by atoms with Gasteiger partial charge in [0, 0.05) is 18.7 Å². The number of nitro benzene ring substituents is 1. The minimum Gasteiger partial charge on any atom is -0.258 e. The summed E-state index contributed by atoms with van der Waals surface area (Å²) in [7, 11) is -3.84. The van der Waals surface area contributed by atoms with Crippen molar-refractivity contribution >= 4 is 15.7 Å². The zero-order valence-electron chi connectivity index (χ0n) is 10.6. The van der Waals surface area contributed by atoms with Gasteiger partial charge in [-0.25, -0.2) is 13.1 Å². The standard InChI is InChI=1S/C11H15FN2O4S/c1-3-8(2)7-13-19(17,18)9-4-5-11(14(15)16)10(12)6-9/h4-6,8,13H,3,7H2,1-2H3. The van der Waals surface area contributed by atoms with Crippen LogP contribution >= 0.6 is 0 Å². The normalized spacial score (nSPS) is 13.2. The molecule has 6 nitrogen and oxygen atoms in total. The van der Waals surface area contributed by atoms with Crippen molar-refractivity contribution in [3.63, 3.8) is 0 Å². The second-order valence-corrected chi connectivity index (χ2v) is 6.00. The van der Waals surface area contributed by atoms with Gasteiger partial charge in [-0.15, -0.1) is 0 Å². The van der Waals surface area contributed by atoms with Crippen molar-refractivity contribution in [3.8, 4) is 0 Å². The summed E-state index contributed by atoms with van der Waals surface area (Å²) in [6.45, 7) is 4.03. The number of rotatable bonds is 6. The Hall–Kier alpha value is -1.54. The molecule has 8 heteroatoms. The van der Waals surface area contributed by atoms with Crippen LogP contribution in [-0.4, -0.2) is 19.9 Å². The fourth-order valence-electron chi connectivity index (χ4n) is 1.28. The van der Waals surface area contributed by atoms with Gasteiger partial charge in [-0.2, -0.15) is 4.39 Å². The van der Waals surface area contributed by atoms with Crippen LogP contribution in [0.25, 0.3) is 0 Å². The molecular formula is C11H15FN2O4S. The first-order valence-electron chi connectivity index (χ1n) is 5.71. The molecule has 1 atom stereocenters. The van der Waals surface area contributed by atoms with Crippen LogP contribution in [0.4, 0.5) is 10.1 Å². The molecule has 1 unspecified atom stereocenters. The second kappa shape index (κ2) is 6.07. The minimum atomic E-state index is -3.84. The van der Waals surface area contributed by atoms with Crippen molar-refractivity contribution in [2.45, 2.75) is 25.2 Å². The molecule has 1 aromatic rings. The van der Waals surface area contributed by atoms with Crippen molar-refractivity contribution in [1.82, 2.24) is 4.72 Å². The Bertz CT molecular complexity index is 574. The fourth-order valence-corrected chi connectivity index (χ4v) is 2.46. The van der Waals surface area contributed by atoms with Gasteiger partial charge >= 0.3 is 5.69 Å². The van der Waals surface area contributed by atoms with E-state index in [2.05, 4.69) is 4.72 Å².